The first kappa shape index (κ1) is 19.4. The number of nitrogens with one attached hydrogen (secondary N) is 3. The quantitative estimate of drug-likeness (QED) is 0.700. The third kappa shape index (κ3) is 4.13. The minimum Gasteiger partial charge on any atom is -0.461 e. The number of ether oxygens (including phenoxy) is 1. The van der Waals surface area contributed by atoms with Crippen LogP contribution in [-0.2, 0) is 9.53 Å². The van der Waals surface area contributed by atoms with Gasteiger partial charge in [-0.05, 0) is 44.9 Å². The molecule has 1 fully saturated rings. The van der Waals surface area contributed by atoms with E-state index in [2.05, 4.69) is 17.2 Å². The number of esters is 1. The number of H-pyrrole nitrogens is 1. The van der Waals surface area contributed by atoms with Gasteiger partial charge in [0.15, 0.2) is 6.04 Å². The van der Waals surface area contributed by atoms with Crippen molar-refractivity contribution >= 4 is 28.5 Å². The van der Waals surface area contributed by atoms with Crippen LogP contribution in [0.25, 0.3) is 10.9 Å². The minimum absolute atomic E-state index is 0.139. The van der Waals surface area contributed by atoms with E-state index in [0.717, 1.165) is 19.5 Å². The lowest BCUT2D eigenvalue weighted by Gasteiger charge is -2.31. The van der Waals surface area contributed by atoms with Crippen molar-refractivity contribution in [1.29, 1.82) is 0 Å². The lowest BCUT2D eigenvalue weighted by Crippen LogP contribution is -3.17. The lowest BCUT2D eigenvalue weighted by atomic mass is 9.99. The number of halogens is 1. The molecule has 0 radical (unpaired) electrons. The van der Waals surface area contributed by atoms with Gasteiger partial charge in [-0.2, -0.15) is 0 Å². The Morgan fingerprint density at radius 3 is 2.93 bits per heavy atom. The van der Waals surface area contributed by atoms with Crippen molar-refractivity contribution in [1.82, 2.24) is 4.98 Å². The summed E-state index contributed by atoms with van der Waals surface area (Å²) in [4.78, 5) is 29.4. The number of hydrogen-bond acceptors (Lipinski definition) is 3. The summed E-state index contributed by atoms with van der Waals surface area (Å²) in [6.07, 6.45) is 2.28. The Hall–Kier alpha value is -2.41. The zero-order chi connectivity index (χ0) is 19.6. The highest BCUT2D eigenvalue weighted by molar-refractivity contribution is 6.11. The van der Waals surface area contributed by atoms with Crippen LogP contribution in [0, 0.1) is 11.7 Å². The second kappa shape index (κ2) is 8.08. The van der Waals surface area contributed by atoms with Crippen LogP contribution in [0.4, 0.5) is 10.1 Å². The Bertz CT molecular complexity index is 848. The van der Waals surface area contributed by atoms with E-state index in [4.69, 9.17) is 4.74 Å². The van der Waals surface area contributed by atoms with Crippen molar-refractivity contribution in [3.8, 4) is 0 Å². The highest BCUT2D eigenvalue weighted by Gasteiger charge is 2.31. The molecule has 1 saturated heterocycles. The summed E-state index contributed by atoms with van der Waals surface area (Å²) in [7, 11) is 0. The zero-order valence-electron chi connectivity index (χ0n) is 16.0. The monoisotopic (exact) mass is 376 g/mol. The number of aromatic nitrogens is 1. The Morgan fingerprint density at radius 1 is 1.44 bits per heavy atom. The predicted octanol–water partition coefficient (Wildman–Crippen LogP) is 2.13. The number of likely N-dealkylation sites (tertiary alicyclic amines) is 1. The molecule has 0 saturated carbocycles. The van der Waals surface area contributed by atoms with Gasteiger partial charge in [0.2, 0.25) is 0 Å². The number of carbonyl (C=O) groups excluding carboxylic acids is 2. The standard InChI is InChI=1S/C20H26FN3O3/c1-4-27-20(26)18-17(15-10-14(21)7-8-16(15)22-18)23-19(25)13(3)24-9-5-6-12(2)11-24/h7-8,10,12-13,22H,4-6,9,11H2,1-3H3,(H,23,25)/p+1/t12-,13+/m0/s1. The van der Waals surface area contributed by atoms with Crippen LogP contribution in [0.15, 0.2) is 18.2 Å². The van der Waals surface area contributed by atoms with E-state index in [9.17, 15) is 14.0 Å². The van der Waals surface area contributed by atoms with Crippen molar-refractivity contribution in [3.63, 3.8) is 0 Å². The van der Waals surface area contributed by atoms with Gasteiger partial charge in [-0.15, -0.1) is 0 Å². The molecule has 27 heavy (non-hydrogen) atoms. The van der Waals surface area contributed by atoms with Gasteiger partial charge in [0.1, 0.15) is 11.5 Å². The summed E-state index contributed by atoms with van der Waals surface area (Å²) in [6.45, 7) is 7.91. The van der Waals surface area contributed by atoms with Gasteiger partial charge in [-0.1, -0.05) is 6.92 Å². The largest absolute Gasteiger partial charge is 0.461 e. The molecule has 3 atom stereocenters. The molecule has 1 aromatic carbocycles. The minimum atomic E-state index is -0.573. The number of anilines is 1. The zero-order valence-corrected chi connectivity index (χ0v) is 16.0. The molecule has 7 heteroatoms. The SMILES string of the molecule is CCOC(=O)c1[nH]c2ccc(F)cc2c1NC(=O)[C@@H](C)[NH+]1CCC[C@H](C)C1. The van der Waals surface area contributed by atoms with Crippen LogP contribution in [0.1, 0.15) is 44.1 Å². The van der Waals surface area contributed by atoms with Crippen molar-refractivity contribution in [3.05, 3.63) is 29.7 Å². The molecule has 0 bridgehead atoms. The third-order valence-corrected chi connectivity index (χ3v) is 5.30. The molecule has 1 aliphatic heterocycles. The smallest absolute Gasteiger partial charge is 0.356 e. The first-order valence-electron chi connectivity index (χ1n) is 9.54. The van der Waals surface area contributed by atoms with Gasteiger partial charge >= 0.3 is 5.97 Å². The lowest BCUT2D eigenvalue weighted by molar-refractivity contribution is -0.922. The fraction of sp³-hybridized carbons (Fsp3) is 0.500. The van der Waals surface area contributed by atoms with Crippen LogP contribution >= 0.6 is 0 Å². The number of benzene rings is 1. The van der Waals surface area contributed by atoms with E-state index in [-0.39, 0.29) is 29.9 Å². The van der Waals surface area contributed by atoms with Gasteiger partial charge in [0, 0.05) is 16.8 Å². The van der Waals surface area contributed by atoms with Crippen LogP contribution in [0.5, 0.6) is 0 Å². The molecule has 6 nitrogen and oxygen atoms in total. The predicted molar refractivity (Wildman–Crippen MR) is 101 cm³/mol. The second-order valence-electron chi connectivity index (χ2n) is 7.36. The summed E-state index contributed by atoms with van der Waals surface area (Å²) in [5.41, 5.74) is 0.991. The van der Waals surface area contributed by atoms with E-state index in [0.29, 0.717) is 16.8 Å². The number of aromatic amines is 1. The van der Waals surface area contributed by atoms with Crippen LogP contribution < -0.4 is 10.2 Å². The van der Waals surface area contributed by atoms with Gasteiger partial charge in [0.25, 0.3) is 5.91 Å². The second-order valence-corrected chi connectivity index (χ2v) is 7.36. The van der Waals surface area contributed by atoms with Crippen molar-refractivity contribution in [2.75, 3.05) is 25.0 Å². The normalized spacial score (nSPS) is 21.0. The number of piperidine rings is 1. The summed E-state index contributed by atoms with van der Waals surface area (Å²) in [6, 6.07) is 3.90. The average molecular weight is 376 g/mol. The molecule has 1 aliphatic rings. The van der Waals surface area contributed by atoms with Gasteiger partial charge in [0.05, 0.1) is 25.4 Å². The third-order valence-electron chi connectivity index (χ3n) is 5.30. The molecular formula is C20H27FN3O3+. The van der Waals surface area contributed by atoms with Crippen LogP contribution in [0.3, 0.4) is 0 Å². The topological polar surface area (TPSA) is 75.6 Å². The summed E-state index contributed by atoms with van der Waals surface area (Å²) in [5.74, 6) is -0.608. The fourth-order valence-corrected chi connectivity index (χ4v) is 3.79. The Labute approximate surface area is 158 Å². The number of carbonyl (C=O) groups is 2. The fourth-order valence-electron chi connectivity index (χ4n) is 3.79. The molecular weight excluding hydrogens is 349 g/mol. The van der Waals surface area contributed by atoms with E-state index < -0.39 is 11.8 Å². The van der Waals surface area contributed by atoms with Gasteiger partial charge < -0.3 is 19.9 Å². The van der Waals surface area contributed by atoms with E-state index in [1.165, 1.54) is 23.5 Å². The molecule has 0 spiro atoms. The molecule has 2 aromatic rings. The van der Waals surface area contributed by atoms with Crippen molar-refractivity contribution in [2.24, 2.45) is 5.92 Å². The van der Waals surface area contributed by atoms with Crippen LogP contribution in [-0.4, -0.2) is 42.6 Å². The maximum Gasteiger partial charge on any atom is 0.356 e. The number of rotatable bonds is 5. The first-order valence-corrected chi connectivity index (χ1v) is 9.54. The molecule has 0 aliphatic carbocycles. The maximum atomic E-state index is 13.8. The van der Waals surface area contributed by atoms with Gasteiger partial charge in [-0.25, -0.2) is 9.18 Å². The van der Waals surface area contributed by atoms with E-state index >= 15 is 0 Å². The number of quaternary nitrogens is 1. The van der Waals surface area contributed by atoms with E-state index in [1.807, 2.05) is 6.92 Å². The maximum absolute atomic E-state index is 13.8. The van der Waals surface area contributed by atoms with E-state index in [1.54, 1.807) is 13.0 Å². The average Bonchev–Trinajstić information content (AvgIpc) is 2.99. The number of fused-ring (bicyclic) bond motifs is 1. The number of amides is 1. The first-order chi connectivity index (χ1) is 12.9. The van der Waals surface area contributed by atoms with Crippen LogP contribution in [0.2, 0.25) is 0 Å². The molecule has 1 unspecified atom stereocenters. The number of hydrogen-bond donors (Lipinski definition) is 3. The van der Waals surface area contributed by atoms with Crippen molar-refractivity contribution < 1.29 is 23.6 Å². The Morgan fingerprint density at radius 2 is 2.22 bits per heavy atom. The Balaban J connectivity index is 1.90. The molecule has 2 heterocycles. The Kier molecular flexibility index (Phi) is 5.79. The highest BCUT2D eigenvalue weighted by atomic mass is 19.1. The summed E-state index contributed by atoms with van der Waals surface area (Å²) in [5, 5.41) is 3.31. The highest BCUT2D eigenvalue weighted by Crippen LogP contribution is 2.29. The molecule has 3 rings (SSSR count). The summed E-state index contributed by atoms with van der Waals surface area (Å²) >= 11 is 0. The molecule has 1 amide bonds. The van der Waals surface area contributed by atoms with Crippen molar-refractivity contribution in [2.45, 2.75) is 39.7 Å². The molecule has 146 valence electrons. The molecule has 1 aromatic heterocycles. The summed E-state index contributed by atoms with van der Waals surface area (Å²) < 4.78 is 18.8. The molecule has 3 N–H and O–H groups in total. The van der Waals surface area contributed by atoms with Gasteiger partial charge in [-0.3, -0.25) is 4.79 Å².